The van der Waals surface area contributed by atoms with Crippen LogP contribution in [0.1, 0.15) is 50.1 Å². The van der Waals surface area contributed by atoms with Gasteiger partial charge in [-0.2, -0.15) is 0 Å². The Hall–Kier alpha value is -7.82. The molecule has 2 aliphatic carbocycles. The smallest absolute Gasteiger partial charge is 0.0750 e. The Kier molecular flexibility index (Phi) is 8.51. The van der Waals surface area contributed by atoms with Gasteiger partial charge in [0.05, 0.1) is 22.6 Å². The predicted octanol–water partition coefficient (Wildman–Crippen LogP) is 16.0. The standard InChI is InChI=1S/C60H46N4/c1-59(2)52-36-42(55-32-26-41-35-47(29-33-56(41)61-55)63(43-18-8-5-9-19-43)44-20-10-6-11-21-44)25-30-50(52)57-54(59)38-51-49-31-28-48(37-53(49)60(3,4)58(51)62-57)64(45-22-12-7-13-23-45)46-27-24-39-16-14-15-17-40(39)34-46/h5-38H,1-4H3. The van der Waals surface area contributed by atoms with Crippen molar-refractivity contribution in [3.05, 3.63) is 229 Å². The lowest BCUT2D eigenvalue weighted by atomic mass is 9.81. The maximum absolute atomic E-state index is 5.64. The lowest BCUT2D eigenvalue weighted by Gasteiger charge is -2.28. The summed E-state index contributed by atoms with van der Waals surface area (Å²) in [7, 11) is 0. The molecule has 4 nitrogen and oxygen atoms in total. The van der Waals surface area contributed by atoms with E-state index >= 15 is 0 Å². The minimum atomic E-state index is -0.303. The Balaban J connectivity index is 0.888. The van der Waals surface area contributed by atoms with Crippen molar-refractivity contribution >= 4 is 55.8 Å². The van der Waals surface area contributed by atoms with Crippen molar-refractivity contribution in [2.24, 2.45) is 0 Å². The zero-order valence-electron chi connectivity index (χ0n) is 36.4. The number of para-hydroxylation sites is 3. The highest BCUT2D eigenvalue weighted by Crippen LogP contribution is 2.56. The average Bonchev–Trinajstić information content (AvgIpc) is 3.69. The van der Waals surface area contributed by atoms with Crippen LogP contribution in [-0.4, -0.2) is 9.97 Å². The van der Waals surface area contributed by atoms with E-state index in [9.17, 15) is 0 Å². The molecule has 0 fully saturated rings. The molecule has 64 heavy (non-hydrogen) atoms. The van der Waals surface area contributed by atoms with Crippen molar-refractivity contribution in [1.29, 1.82) is 0 Å². The van der Waals surface area contributed by atoms with Crippen molar-refractivity contribution in [2.75, 3.05) is 9.80 Å². The second-order valence-corrected chi connectivity index (χ2v) is 18.3. The first kappa shape index (κ1) is 37.9. The molecule has 2 aromatic heterocycles. The van der Waals surface area contributed by atoms with Crippen molar-refractivity contribution in [2.45, 2.75) is 38.5 Å². The fourth-order valence-electron chi connectivity index (χ4n) is 10.4. The molecule has 0 atom stereocenters. The van der Waals surface area contributed by atoms with Crippen LogP contribution in [0.4, 0.5) is 34.1 Å². The topological polar surface area (TPSA) is 32.3 Å². The Morgan fingerprint density at radius 1 is 0.344 bits per heavy atom. The highest BCUT2D eigenvalue weighted by atomic mass is 15.1. The predicted molar refractivity (Wildman–Crippen MR) is 267 cm³/mol. The molecule has 10 aromatic rings. The van der Waals surface area contributed by atoms with Crippen LogP contribution in [0.2, 0.25) is 0 Å². The molecule has 12 rings (SSSR count). The zero-order chi connectivity index (χ0) is 43.2. The maximum atomic E-state index is 5.64. The summed E-state index contributed by atoms with van der Waals surface area (Å²) in [5.41, 5.74) is 19.0. The summed E-state index contributed by atoms with van der Waals surface area (Å²) in [6.07, 6.45) is 0. The van der Waals surface area contributed by atoms with E-state index in [1.54, 1.807) is 0 Å². The molecule has 0 saturated carbocycles. The lowest BCUT2D eigenvalue weighted by molar-refractivity contribution is 0.631. The lowest BCUT2D eigenvalue weighted by Crippen LogP contribution is -2.19. The first-order chi connectivity index (χ1) is 31.2. The van der Waals surface area contributed by atoms with Gasteiger partial charge in [-0.1, -0.05) is 137 Å². The van der Waals surface area contributed by atoms with Crippen LogP contribution in [0, 0.1) is 0 Å². The van der Waals surface area contributed by atoms with Gasteiger partial charge in [0.1, 0.15) is 0 Å². The number of fused-ring (bicyclic) bond motifs is 8. The normalized spacial score (nSPS) is 13.9. The van der Waals surface area contributed by atoms with Crippen LogP contribution in [0.15, 0.2) is 206 Å². The van der Waals surface area contributed by atoms with Crippen LogP contribution < -0.4 is 9.80 Å². The number of anilines is 6. The molecule has 0 unspecified atom stereocenters. The second kappa shape index (κ2) is 14.4. The van der Waals surface area contributed by atoms with E-state index < -0.39 is 0 Å². The van der Waals surface area contributed by atoms with Crippen LogP contribution in [0.25, 0.3) is 55.3 Å². The summed E-state index contributed by atoms with van der Waals surface area (Å²) >= 11 is 0. The van der Waals surface area contributed by atoms with Gasteiger partial charge in [0, 0.05) is 67.0 Å². The van der Waals surface area contributed by atoms with Gasteiger partial charge >= 0.3 is 0 Å². The van der Waals surface area contributed by atoms with E-state index in [-0.39, 0.29) is 10.8 Å². The minimum Gasteiger partial charge on any atom is -0.310 e. The summed E-state index contributed by atoms with van der Waals surface area (Å²) < 4.78 is 0. The highest BCUT2D eigenvalue weighted by molar-refractivity contribution is 5.93. The molecule has 0 amide bonds. The van der Waals surface area contributed by atoms with E-state index in [1.807, 2.05) is 0 Å². The Bertz CT molecular complexity index is 3410. The SMILES string of the molecule is CC1(C)c2cc(-c3ccc4cc(N(c5ccccc5)c5ccccc5)ccc4n3)ccc2-c2nc3c(cc21)-c1ccc(N(c2ccccc2)c2ccc4ccccc4c2)cc1C3(C)C. The molecule has 0 bridgehead atoms. The number of hydrogen-bond donors (Lipinski definition) is 0. The molecule has 0 aliphatic heterocycles. The third-order valence-corrected chi connectivity index (χ3v) is 13.7. The van der Waals surface area contributed by atoms with E-state index in [0.29, 0.717) is 0 Å². The van der Waals surface area contributed by atoms with Gasteiger partial charge in [-0.3, -0.25) is 4.98 Å². The average molecular weight is 823 g/mol. The number of aromatic nitrogens is 2. The van der Waals surface area contributed by atoms with E-state index in [1.165, 1.54) is 44.2 Å². The molecule has 8 aromatic carbocycles. The summed E-state index contributed by atoms with van der Waals surface area (Å²) in [6.45, 7) is 9.37. The van der Waals surface area contributed by atoms with E-state index in [2.05, 4.69) is 244 Å². The van der Waals surface area contributed by atoms with Gasteiger partial charge in [-0.25, -0.2) is 4.98 Å². The summed E-state index contributed by atoms with van der Waals surface area (Å²) in [4.78, 5) is 15.6. The zero-order valence-corrected chi connectivity index (χ0v) is 36.4. The van der Waals surface area contributed by atoms with Crippen molar-refractivity contribution < 1.29 is 0 Å². The van der Waals surface area contributed by atoms with E-state index in [0.717, 1.165) is 67.7 Å². The van der Waals surface area contributed by atoms with Crippen molar-refractivity contribution in [3.63, 3.8) is 0 Å². The number of nitrogens with zero attached hydrogens (tertiary/aromatic N) is 4. The molecule has 306 valence electrons. The van der Waals surface area contributed by atoms with Gasteiger partial charge in [-0.05, 0) is 130 Å². The number of pyridine rings is 2. The van der Waals surface area contributed by atoms with Crippen molar-refractivity contribution in [3.8, 4) is 33.6 Å². The fourth-order valence-corrected chi connectivity index (χ4v) is 10.4. The van der Waals surface area contributed by atoms with Gasteiger partial charge in [0.25, 0.3) is 0 Å². The van der Waals surface area contributed by atoms with Crippen LogP contribution in [0.3, 0.4) is 0 Å². The quantitative estimate of drug-likeness (QED) is 0.160. The molecule has 2 heterocycles. The van der Waals surface area contributed by atoms with E-state index in [4.69, 9.17) is 9.97 Å². The Labute approximate surface area is 374 Å². The molecule has 0 saturated heterocycles. The molecule has 2 aliphatic rings. The third kappa shape index (κ3) is 5.97. The van der Waals surface area contributed by atoms with Crippen LogP contribution in [0.5, 0.6) is 0 Å². The monoisotopic (exact) mass is 822 g/mol. The Morgan fingerprint density at radius 3 is 1.56 bits per heavy atom. The van der Waals surface area contributed by atoms with Gasteiger partial charge < -0.3 is 9.80 Å². The molecular weight excluding hydrogens is 777 g/mol. The minimum absolute atomic E-state index is 0.250. The second-order valence-electron chi connectivity index (χ2n) is 18.3. The summed E-state index contributed by atoms with van der Waals surface area (Å²) in [5, 5.41) is 3.56. The first-order valence-electron chi connectivity index (χ1n) is 22.2. The van der Waals surface area contributed by atoms with Crippen LogP contribution in [-0.2, 0) is 10.8 Å². The van der Waals surface area contributed by atoms with Crippen molar-refractivity contribution in [1.82, 2.24) is 9.97 Å². The van der Waals surface area contributed by atoms with Gasteiger partial charge in [0.15, 0.2) is 0 Å². The number of hydrogen-bond acceptors (Lipinski definition) is 4. The number of benzene rings is 8. The largest absolute Gasteiger partial charge is 0.310 e. The maximum Gasteiger partial charge on any atom is 0.0750 e. The molecule has 0 N–H and O–H groups in total. The molecular formula is C60H46N4. The molecule has 4 heteroatoms. The first-order valence-corrected chi connectivity index (χ1v) is 22.2. The Morgan fingerprint density at radius 2 is 0.875 bits per heavy atom. The summed E-state index contributed by atoms with van der Waals surface area (Å²) in [5.74, 6) is 0. The van der Waals surface area contributed by atoms with Crippen LogP contribution >= 0.6 is 0 Å². The molecule has 0 spiro atoms. The highest BCUT2D eigenvalue weighted by Gasteiger charge is 2.43. The van der Waals surface area contributed by atoms with Gasteiger partial charge in [0.2, 0.25) is 0 Å². The third-order valence-electron chi connectivity index (χ3n) is 13.7. The molecule has 0 radical (unpaired) electrons. The van der Waals surface area contributed by atoms with Gasteiger partial charge in [-0.15, -0.1) is 0 Å². The fraction of sp³-hybridized carbons (Fsp3) is 0.100. The number of rotatable bonds is 7. The summed E-state index contributed by atoms with van der Waals surface area (Å²) in [6, 6.07) is 74.3.